The van der Waals surface area contributed by atoms with Crippen LogP contribution in [0.25, 0.3) is 0 Å². The molecule has 2 rings (SSSR count). The highest BCUT2D eigenvalue weighted by atomic mass is 16.3. The third kappa shape index (κ3) is 4.01. The number of aliphatic hydroxyl groups excluding tert-OH is 1. The lowest BCUT2D eigenvalue weighted by Crippen LogP contribution is -2.35. The normalized spacial score (nSPS) is 15.7. The Morgan fingerprint density at radius 2 is 1.86 bits per heavy atom. The number of hydrogen-bond acceptors (Lipinski definition) is 3. The van der Waals surface area contributed by atoms with Crippen LogP contribution in [0.3, 0.4) is 0 Å². The number of hydrogen-bond donors (Lipinski definition) is 1. The van der Waals surface area contributed by atoms with Gasteiger partial charge in [0.2, 0.25) is 0 Å². The van der Waals surface area contributed by atoms with Gasteiger partial charge >= 0.3 is 0 Å². The van der Waals surface area contributed by atoms with Crippen molar-refractivity contribution < 1.29 is 9.90 Å². The quantitative estimate of drug-likeness (QED) is 0.842. The first kappa shape index (κ1) is 16.8. The molecule has 0 aromatic heterocycles. The molecule has 1 unspecified atom stereocenters. The lowest BCUT2D eigenvalue weighted by molar-refractivity contribution is 0.0645. The van der Waals surface area contributed by atoms with E-state index in [2.05, 4.69) is 25.7 Å². The minimum atomic E-state index is -0.384. The fourth-order valence-electron chi connectivity index (χ4n) is 2.86. The molecule has 0 heterocycles. The molecule has 0 bridgehead atoms. The van der Waals surface area contributed by atoms with E-state index >= 15 is 0 Å². The van der Waals surface area contributed by atoms with Gasteiger partial charge in [0.1, 0.15) is 0 Å². The van der Waals surface area contributed by atoms with Gasteiger partial charge in [0.25, 0.3) is 5.91 Å². The molecule has 1 aliphatic carbocycles. The highest BCUT2D eigenvalue weighted by Gasteiger charge is 2.31. The largest absolute Gasteiger partial charge is 0.391 e. The van der Waals surface area contributed by atoms with E-state index in [4.69, 9.17) is 0 Å². The number of aliphatic hydroxyl groups is 1. The Morgan fingerprint density at radius 3 is 2.32 bits per heavy atom. The second-order valence-corrected chi connectivity index (χ2v) is 6.52. The van der Waals surface area contributed by atoms with Crippen molar-refractivity contribution in [3.63, 3.8) is 0 Å². The van der Waals surface area contributed by atoms with Crippen LogP contribution in [0.2, 0.25) is 0 Å². The van der Waals surface area contributed by atoms with E-state index in [1.54, 1.807) is 11.9 Å². The summed E-state index contributed by atoms with van der Waals surface area (Å²) in [6, 6.07) is 8.19. The molecule has 1 N–H and O–H groups in total. The molecule has 4 nitrogen and oxygen atoms in total. The molecule has 1 aromatic rings. The van der Waals surface area contributed by atoms with Crippen LogP contribution in [0.5, 0.6) is 0 Å². The maximum Gasteiger partial charge on any atom is 0.253 e. The standard InChI is InChI=1S/C18H28N2O2/c1-5-20(13(2)3)16-10-8-15(9-11-16)18(22)19(4)12-17(21)14-6-7-14/h8-11,13-14,17,21H,5-7,12H2,1-4H3. The van der Waals surface area contributed by atoms with E-state index in [0.29, 0.717) is 24.1 Å². The molecular formula is C18H28N2O2. The number of carbonyl (C=O) groups is 1. The number of anilines is 1. The van der Waals surface area contributed by atoms with Gasteiger partial charge in [-0.1, -0.05) is 0 Å². The molecule has 122 valence electrons. The van der Waals surface area contributed by atoms with Crippen molar-refractivity contribution in [2.24, 2.45) is 5.92 Å². The van der Waals surface area contributed by atoms with Gasteiger partial charge in [0, 0.05) is 37.4 Å². The maximum absolute atomic E-state index is 12.4. The fraction of sp³-hybridized carbons (Fsp3) is 0.611. The molecule has 1 fully saturated rings. The zero-order valence-corrected chi connectivity index (χ0v) is 14.1. The van der Waals surface area contributed by atoms with Crippen molar-refractivity contribution in [2.45, 2.75) is 45.8 Å². The summed E-state index contributed by atoms with van der Waals surface area (Å²) >= 11 is 0. The smallest absolute Gasteiger partial charge is 0.253 e. The number of rotatable bonds is 7. The Kier molecular flexibility index (Phi) is 5.46. The van der Waals surface area contributed by atoms with E-state index in [0.717, 1.165) is 25.1 Å². The lowest BCUT2D eigenvalue weighted by atomic mass is 10.1. The second kappa shape index (κ2) is 7.14. The van der Waals surface area contributed by atoms with Crippen LogP contribution in [0.4, 0.5) is 5.69 Å². The molecule has 22 heavy (non-hydrogen) atoms. The second-order valence-electron chi connectivity index (χ2n) is 6.52. The predicted molar refractivity (Wildman–Crippen MR) is 90.3 cm³/mol. The Balaban J connectivity index is 2.00. The molecule has 0 saturated heterocycles. The van der Waals surface area contributed by atoms with Gasteiger partial charge in [-0.15, -0.1) is 0 Å². The minimum Gasteiger partial charge on any atom is -0.391 e. The Hall–Kier alpha value is -1.55. The van der Waals surface area contributed by atoms with E-state index in [-0.39, 0.29) is 12.0 Å². The average Bonchev–Trinajstić information content (AvgIpc) is 3.32. The number of nitrogens with zero attached hydrogens (tertiary/aromatic N) is 2. The number of carbonyl (C=O) groups excluding carboxylic acids is 1. The molecule has 1 atom stereocenters. The van der Waals surface area contributed by atoms with E-state index < -0.39 is 0 Å². The van der Waals surface area contributed by atoms with Crippen LogP contribution < -0.4 is 4.90 Å². The summed E-state index contributed by atoms with van der Waals surface area (Å²) in [6.45, 7) is 7.81. The summed E-state index contributed by atoms with van der Waals surface area (Å²) in [5.41, 5.74) is 1.81. The third-order valence-electron chi connectivity index (χ3n) is 4.38. The molecule has 0 spiro atoms. The van der Waals surface area contributed by atoms with Crippen LogP contribution in [0.1, 0.15) is 44.0 Å². The van der Waals surface area contributed by atoms with Gasteiger partial charge in [-0.3, -0.25) is 4.79 Å². The highest BCUT2D eigenvalue weighted by molar-refractivity contribution is 5.94. The SMILES string of the molecule is CCN(c1ccc(C(=O)N(C)CC(O)C2CC2)cc1)C(C)C. The molecule has 1 aromatic carbocycles. The Bertz CT molecular complexity index is 494. The van der Waals surface area contributed by atoms with Crippen LogP contribution in [0.15, 0.2) is 24.3 Å². The van der Waals surface area contributed by atoms with Gasteiger partial charge in [-0.05, 0) is 63.8 Å². The van der Waals surface area contributed by atoms with Crippen molar-refractivity contribution in [1.82, 2.24) is 4.90 Å². The highest BCUT2D eigenvalue weighted by Crippen LogP contribution is 2.32. The van der Waals surface area contributed by atoms with Crippen LogP contribution in [-0.2, 0) is 0 Å². The Labute approximate surface area is 133 Å². The summed E-state index contributed by atoms with van der Waals surface area (Å²) < 4.78 is 0. The maximum atomic E-state index is 12.4. The van der Waals surface area contributed by atoms with E-state index in [1.165, 1.54) is 0 Å². The number of benzene rings is 1. The van der Waals surface area contributed by atoms with Crippen molar-refractivity contribution >= 4 is 11.6 Å². The molecular weight excluding hydrogens is 276 g/mol. The third-order valence-corrected chi connectivity index (χ3v) is 4.38. The number of likely N-dealkylation sites (N-methyl/N-ethyl adjacent to an activating group) is 1. The summed E-state index contributed by atoms with van der Waals surface area (Å²) in [4.78, 5) is 16.3. The van der Waals surface area contributed by atoms with Gasteiger partial charge < -0.3 is 14.9 Å². The van der Waals surface area contributed by atoms with Gasteiger partial charge in [-0.25, -0.2) is 0 Å². The summed E-state index contributed by atoms with van der Waals surface area (Å²) in [6.07, 6.45) is 1.78. The van der Waals surface area contributed by atoms with E-state index in [9.17, 15) is 9.90 Å². The molecule has 1 aliphatic rings. The zero-order chi connectivity index (χ0) is 16.3. The first-order chi connectivity index (χ1) is 10.4. The monoisotopic (exact) mass is 304 g/mol. The van der Waals surface area contributed by atoms with Crippen LogP contribution >= 0.6 is 0 Å². The first-order valence-corrected chi connectivity index (χ1v) is 8.24. The summed E-state index contributed by atoms with van der Waals surface area (Å²) in [7, 11) is 1.76. The summed E-state index contributed by atoms with van der Waals surface area (Å²) in [5, 5.41) is 9.96. The molecule has 1 amide bonds. The average molecular weight is 304 g/mol. The van der Waals surface area contributed by atoms with Crippen molar-refractivity contribution in [1.29, 1.82) is 0 Å². The molecule has 1 saturated carbocycles. The van der Waals surface area contributed by atoms with Crippen molar-refractivity contribution in [3.8, 4) is 0 Å². The predicted octanol–water partition coefficient (Wildman–Crippen LogP) is 2.76. The molecule has 4 heteroatoms. The fourth-order valence-corrected chi connectivity index (χ4v) is 2.86. The van der Waals surface area contributed by atoms with Gasteiger partial charge in [0.15, 0.2) is 0 Å². The summed E-state index contributed by atoms with van der Waals surface area (Å²) in [5.74, 6) is 0.362. The topological polar surface area (TPSA) is 43.8 Å². The van der Waals surface area contributed by atoms with Gasteiger partial charge in [0.05, 0.1) is 6.10 Å². The molecule has 0 radical (unpaired) electrons. The van der Waals surface area contributed by atoms with Crippen LogP contribution in [0, 0.1) is 5.92 Å². The van der Waals surface area contributed by atoms with Crippen molar-refractivity contribution in [2.75, 3.05) is 25.0 Å². The zero-order valence-electron chi connectivity index (χ0n) is 14.1. The lowest BCUT2D eigenvalue weighted by Gasteiger charge is -2.28. The van der Waals surface area contributed by atoms with E-state index in [1.807, 2.05) is 24.3 Å². The molecule has 0 aliphatic heterocycles. The van der Waals surface area contributed by atoms with Gasteiger partial charge in [-0.2, -0.15) is 0 Å². The Morgan fingerprint density at radius 1 is 1.27 bits per heavy atom. The first-order valence-electron chi connectivity index (χ1n) is 8.24. The minimum absolute atomic E-state index is 0.0288. The van der Waals surface area contributed by atoms with Crippen molar-refractivity contribution in [3.05, 3.63) is 29.8 Å². The van der Waals surface area contributed by atoms with Crippen LogP contribution in [-0.4, -0.2) is 48.2 Å². The number of amides is 1.